The molecule has 0 spiro atoms. The van der Waals surface area contributed by atoms with Crippen molar-refractivity contribution >= 4 is 18.0 Å². The van der Waals surface area contributed by atoms with Crippen molar-refractivity contribution in [2.24, 2.45) is 0 Å². The van der Waals surface area contributed by atoms with Crippen LogP contribution in [-0.4, -0.2) is 53.7 Å². The Balaban J connectivity index is 1.68. The second kappa shape index (κ2) is 10.6. The van der Waals surface area contributed by atoms with Crippen LogP contribution in [0.3, 0.4) is 0 Å². The number of rotatable bonds is 10. The van der Waals surface area contributed by atoms with Crippen molar-refractivity contribution in [1.29, 1.82) is 0 Å². The number of nitrogens with one attached hydrogen (secondary N) is 1. The lowest BCUT2D eigenvalue weighted by Gasteiger charge is -2.25. The molecule has 7 heteroatoms. The van der Waals surface area contributed by atoms with Crippen LogP contribution in [0.25, 0.3) is 11.1 Å². The van der Waals surface area contributed by atoms with Crippen LogP contribution in [0.1, 0.15) is 36.8 Å². The second-order valence-corrected chi connectivity index (χ2v) is 7.71. The quantitative estimate of drug-likeness (QED) is 0.553. The van der Waals surface area contributed by atoms with E-state index in [2.05, 4.69) is 24.0 Å². The fraction of sp³-hybridized carbons (Fsp3) is 0.320. The van der Waals surface area contributed by atoms with Crippen LogP contribution in [0.4, 0.5) is 4.79 Å². The molecule has 0 saturated carbocycles. The summed E-state index contributed by atoms with van der Waals surface area (Å²) in [4.78, 5) is 37.7. The van der Waals surface area contributed by atoms with E-state index in [-0.39, 0.29) is 19.1 Å². The van der Waals surface area contributed by atoms with E-state index in [1.165, 1.54) is 6.08 Å². The molecule has 1 atom stereocenters. The molecule has 7 nitrogen and oxygen atoms in total. The summed E-state index contributed by atoms with van der Waals surface area (Å²) in [7, 11) is 0. The van der Waals surface area contributed by atoms with Crippen LogP contribution in [0, 0.1) is 0 Å². The highest BCUT2D eigenvalue weighted by Gasteiger charge is 2.30. The number of aliphatic carboxylic acids is 1. The number of hydrogen-bond donors (Lipinski definition) is 2. The highest BCUT2D eigenvalue weighted by atomic mass is 16.5. The van der Waals surface area contributed by atoms with Gasteiger partial charge in [-0.2, -0.15) is 0 Å². The summed E-state index contributed by atoms with van der Waals surface area (Å²) in [6.07, 6.45) is 1.76. The van der Waals surface area contributed by atoms with Gasteiger partial charge in [0.1, 0.15) is 19.2 Å². The molecule has 0 bridgehead atoms. The lowest BCUT2D eigenvalue weighted by molar-refractivity contribution is -0.144. The minimum atomic E-state index is -1.13. The van der Waals surface area contributed by atoms with Gasteiger partial charge in [-0.25, -0.2) is 4.79 Å². The molecule has 0 fully saturated rings. The molecule has 32 heavy (non-hydrogen) atoms. The normalized spacial score (nSPS) is 12.9. The molecular formula is C25H28N2O5. The van der Waals surface area contributed by atoms with E-state index in [9.17, 15) is 14.4 Å². The Morgan fingerprint density at radius 1 is 1.12 bits per heavy atom. The van der Waals surface area contributed by atoms with Crippen molar-refractivity contribution in [3.8, 4) is 11.1 Å². The van der Waals surface area contributed by atoms with Crippen molar-refractivity contribution in [2.45, 2.75) is 31.7 Å². The number of hydrogen-bond acceptors (Lipinski definition) is 4. The molecule has 0 aromatic heterocycles. The van der Waals surface area contributed by atoms with Gasteiger partial charge in [-0.05, 0) is 28.7 Å². The molecule has 0 radical (unpaired) electrons. The van der Waals surface area contributed by atoms with Gasteiger partial charge in [-0.15, -0.1) is 6.58 Å². The zero-order valence-electron chi connectivity index (χ0n) is 18.1. The number of nitrogens with zero attached hydrogens (tertiary/aromatic N) is 1. The molecule has 2 aromatic rings. The molecule has 1 aliphatic carbocycles. The summed E-state index contributed by atoms with van der Waals surface area (Å²) in [5.41, 5.74) is 4.46. The maximum atomic E-state index is 12.8. The van der Waals surface area contributed by atoms with Gasteiger partial charge in [0, 0.05) is 12.5 Å². The molecule has 3 rings (SSSR count). The number of amides is 2. The number of carbonyl (C=O) groups excluding carboxylic acids is 2. The number of benzene rings is 2. The van der Waals surface area contributed by atoms with E-state index in [4.69, 9.17) is 9.84 Å². The van der Waals surface area contributed by atoms with Gasteiger partial charge in [-0.1, -0.05) is 68.0 Å². The van der Waals surface area contributed by atoms with Gasteiger partial charge >= 0.3 is 12.1 Å². The topological polar surface area (TPSA) is 95.9 Å². The van der Waals surface area contributed by atoms with Crippen molar-refractivity contribution in [3.63, 3.8) is 0 Å². The summed E-state index contributed by atoms with van der Waals surface area (Å²) < 4.78 is 5.53. The van der Waals surface area contributed by atoms with Crippen LogP contribution in [0.2, 0.25) is 0 Å². The maximum Gasteiger partial charge on any atom is 0.407 e. The number of fused-ring (bicyclic) bond motifs is 3. The molecule has 0 unspecified atom stereocenters. The van der Waals surface area contributed by atoms with Gasteiger partial charge < -0.3 is 20.1 Å². The number of carboxylic acids is 1. The number of carbonyl (C=O) groups is 3. The average Bonchev–Trinajstić information content (AvgIpc) is 3.10. The van der Waals surface area contributed by atoms with E-state index in [0.717, 1.165) is 27.2 Å². The first-order valence-electron chi connectivity index (χ1n) is 10.7. The SMILES string of the molecule is C=CCN(CC(=O)O)C(=O)[C@H](CCC)NC(=O)OCC1c2ccccc2-c2ccccc21. The van der Waals surface area contributed by atoms with Gasteiger partial charge in [0.05, 0.1) is 0 Å². The van der Waals surface area contributed by atoms with Crippen LogP contribution in [0.5, 0.6) is 0 Å². The Morgan fingerprint density at radius 2 is 1.72 bits per heavy atom. The van der Waals surface area contributed by atoms with Gasteiger partial charge in [0.2, 0.25) is 5.91 Å². The first-order chi connectivity index (χ1) is 15.5. The first kappa shape index (κ1) is 23.1. The van der Waals surface area contributed by atoms with E-state index >= 15 is 0 Å². The van der Waals surface area contributed by atoms with Crippen molar-refractivity contribution < 1.29 is 24.2 Å². The minimum Gasteiger partial charge on any atom is -0.480 e. The summed E-state index contributed by atoms with van der Waals surface area (Å²) in [5, 5.41) is 11.7. The standard InChI is InChI=1S/C25H28N2O5/c1-3-9-22(24(30)27(14-4-2)15-23(28)29)26-25(31)32-16-21-19-12-7-5-10-17(19)18-11-6-8-13-20(18)21/h4-8,10-13,21-22H,2-3,9,14-16H2,1H3,(H,26,31)(H,28,29)/t22-/m0/s1. The van der Waals surface area contributed by atoms with Crippen LogP contribution < -0.4 is 5.32 Å². The lowest BCUT2D eigenvalue weighted by atomic mass is 9.98. The van der Waals surface area contributed by atoms with E-state index in [0.29, 0.717) is 12.8 Å². The predicted octanol–water partition coefficient (Wildman–Crippen LogP) is 3.79. The Morgan fingerprint density at radius 3 is 2.25 bits per heavy atom. The average molecular weight is 437 g/mol. The van der Waals surface area contributed by atoms with Gasteiger partial charge in [0.15, 0.2) is 0 Å². The Labute approximate surface area is 187 Å². The van der Waals surface area contributed by atoms with Crippen LogP contribution in [-0.2, 0) is 14.3 Å². The predicted molar refractivity (Wildman–Crippen MR) is 121 cm³/mol. The molecule has 1 aliphatic rings. The summed E-state index contributed by atoms with van der Waals surface area (Å²) >= 11 is 0. The van der Waals surface area contributed by atoms with Crippen molar-refractivity contribution in [2.75, 3.05) is 19.7 Å². The van der Waals surface area contributed by atoms with Gasteiger partial charge in [0.25, 0.3) is 0 Å². The largest absolute Gasteiger partial charge is 0.480 e. The third kappa shape index (κ3) is 5.17. The van der Waals surface area contributed by atoms with Crippen LogP contribution >= 0.6 is 0 Å². The molecule has 0 saturated heterocycles. The van der Waals surface area contributed by atoms with E-state index in [1.54, 1.807) is 0 Å². The van der Waals surface area contributed by atoms with E-state index in [1.807, 2.05) is 43.3 Å². The van der Waals surface area contributed by atoms with Crippen molar-refractivity contribution in [1.82, 2.24) is 10.2 Å². The maximum absolute atomic E-state index is 12.8. The Hall–Kier alpha value is -3.61. The minimum absolute atomic E-state index is 0.0811. The highest BCUT2D eigenvalue weighted by molar-refractivity contribution is 5.88. The molecule has 0 heterocycles. The first-order valence-corrected chi connectivity index (χ1v) is 10.7. The Bertz CT molecular complexity index is 958. The monoisotopic (exact) mass is 436 g/mol. The zero-order valence-corrected chi connectivity index (χ0v) is 18.1. The zero-order chi connectivity index (χ0) is 23.1. The van der Waals surface area contributed by atoms with Gasteiger partial charge in [-0.3, -0.25) is 9.59 Å². The van der Waals surface area contributed by atoms with Crippen LogP contribution in [0.15, 0.2) is 61.2 Å². The fourth-order valence-electron chi connectivity index (χ4n) is 4.10. The molecule has 2 amide bonds. The summed E-state index contributed by atoms with van der Waals surface area (Å²) in [6, 6.07) is 15.2. The molecular weight excluding hydrogens is 408 g/mol. The highest BCUT2D eigenvalue weighted by Crippen LogP contribution is 2.44. The fourth-order valence-corrected chi connectivity index (χ4v) is 4.10. The molecule has 2 N–H and O–H groups in total. The van der Waals surface area contributed by atoms with Crippen molar-refractivity contribution in [3.05, 3.63) is 72.3 Å². The number of carboxylic acid groups (broad SMARTS) is 1. The second-order valence-electron chi connectivity index (χ2n) is 7.71. The molecule has 0 aliphatic heterocycles. The molecule has 168 valence electrons. The third-order valence-electron chi connectivity index (χ3n) is 5.50. The summed E-state index contributed by atoms with van der Waals surface area (Å²) in [5.74, 6) is -1.68. The smallest absolute Gasteiger partial charge is 0.407 e. The number of ether oxygens (including phenoxy) is 1. The van der Waals surface area contributed by atoms with E-state index < -0.39 is 30.6 Å². The number of alkyl carbamates (subject to hydrolysis) is 1. The molecule has 2 aromatic carbocycles. The lowest BCUT2D eigenvalue weighted by Crippen LogP contribution is -2.50. The third-order valence-corrected chi connectivity index (χ3v) is 5.50. The Kier molecular flexibility index (Phi) is 7.65. The summed E-state index contributed by atoms with van der Waals surface area (Å²) in [6.45, 7) is 5.21.